The highest BCUT2D eigenvalue weighted by Crippen LogP contribution is 2.31. The van der Waals surface area contributed by atoms with Crippen LogP contribution in [0.25, 0.3) is 0 Å². The molecule has 2 rings (SSSR count). The topological polar surface area (TPSA) is 44.7 Å². The third-order valence-corrected chi connectivity index (χ3v) is 3.33. The average molecular weight is 327 g/mol. The predicted octanol–water partition coefficient (Wildman–Crippen LogP) is 2.16. The first kappa shape index (κ1) is 19.2. The van der Waals surface area contributed by atoms with Crippen molar-refractivity contribution in [3.8, 4) is 11.5 Å². The monoisotopic (exact) mass is 326 g/mol. The van der Waals surface area contributed by atoms with Gasteiger partial charge in [-0.1, -0.05) is 6.07 Å². The van der Waals surface area contributed by atoms with Crippen molar-refractivity contribution in [3.05, 3.63) is 23.8 Å². The van der Waals surface area contributed by atoms with Crippen molar-refractivity contribution in [2.24, 2.45) is 0 Å². The maximum Gasteiger partial charge on any atom is 0.160 e. The number of aromatic hydroxyl groups is 1. The van der Waals surface area contributed by atoms with Gasteiger partial charge in [-0.3, -0.25) is 4.90 Å². The lowest BCUT2D eigenvalue weighted by Crippen LogP contribution is -2.45. The number of benzene rings is 1. The second-order valence-electron chi connectivity index (χ2n) is 4.39. The summed E-state index contributed by atoms with van der Waals surface area (Å²) >= 11 is 0. The lowest BCUT2D eigenvalue weighted by molar-refractivity contribution is 0.147. The van der Waals surface area contributed by atoms with Gasteiger partial charge < -0.3 is 15.2 Å². The van der Waals surface area contributed by atoms with Crippen LogP contribution in [-0.4, -0.2) is 50.0 Å². The Morgan fingerprint density at radius 3 is 2.55 bits per heavy atom. The summed E-state index contributed by atoms with van der Waals surface area (Å²) in [7, 11) is 1.49. The van der Waals surface area contributed by atoms with E-state index in [1.807, 2.05) is 0 Å². The molecule has 0 aliphatic carbocycles. The Morgan fingerprint density at radius 2 is 2.00 bits per heavy atom. The zero-order valence-electron chi connectivity index (χ0n) is 11.3. The highest BCUT2D eigenvalue weighted by atomic mass is 35.5. The molecule has 1 saturated heterocycles. The molecule has 116 valence electrons. The van der Waals surface area contributed by atoms with Crippen LogP contribution in [0.3, 0.4) is 0 Å². The summed E-state index contributed by atoms with van der Waals surface area (Å²) in [6.45, 7) is 2.99. The molecule has 1 heterocycles. The van der Waals surface area contributed by atoms with Gasteiger partial charge in [0.1, 0.15) is 6.67 Å². The highest BCUT2D eigenvalue weighted by Gasteiger charge is 2.22. The van der Waals surface area contributed by atoms with Gasteiger partial charge in [0, 0.05) is 26.2 Å². The van der Waals surface area contributed by atoms with E-state index in [9.17, 15) is 9.50 Å². The number of methoxy groups -OCH3 is 1. The molecule has 0 bridgehead atoms. The lowest BCUT2D eigenvalue weighted by atomic mass is 10.0. The Kier molecular flexibility index (Phi) is 8.89. The summed E-state index contributed by atoms with van der Waals surface area (Å²) in [5.74, 6) is 0.472. The van der Waals surface area contributed by atoms with Gasteiger partial charge in [-0.2, -0.15) is 0 Å². The smallest absolute Gasteiger partial charge is 0.160 e. The number of hydrogen-bond acceptors (Lipinski definition) is 4. The predicted molar refractivity (Wildman–Crippen MR) is 82.3 cm³/mol. The van der Waals surface area contributed by atoms with E-state index in [1.54, 1.807) is 18.2 Å². The average Bonchev–Trinajstić information content (AvgIpc) is 2.42. The molecule has 0 saturated carbocycles. The summed E-state index contributed by atoms with van der Waals surface area (Å²) < 4.78 is 18.4. The van der Waals surface area contributed by atoms with Crippen molar-refractivity contribution in [1.82, 2.24) is 10.2 Å². The van der Waals surface area contributed by atoms with Gasteiger partial charge in [-0.15, -0.1) is 24.8 Å². The van der Waals surface area contributed by atoms with Gasteiger partial charge in [0.2, 0.25) is 0 Å². The zero-order valence-corrected chi connectivity index (χ0v) is 13.0. The van der Waals surface area contributed by atoms with Gasteiger partial charge in [-0.25, -0.2) is 4.39 Å². The molecule has 20 heavy (non-hydrogen) atoms. The molecule has 2 N–H and O–H groups in total. The fraction of sp³-hybridized carbons (Fsp3) is 0.538. The summed E-state index contributed by atoms with van der Waals surface area (Å²) in [6.07, 6.45) is 0. The molecule has 1 aliphatic rings. The third kappa shape index (κ3) is 4.38. The molecule has 1 fully saturated rings. The largest absolute Gasteiger partial charge is 0.504 e. The highest BCUT2D eigenvalue weighted by molar-refractivity contribution is 5.85. The van der Waals surface area contributed by atoms with Crippen LogP contribution in [0.2, 0.25) is 0 Å². The fourth-order valence-electron chi connectivity index (χ4n) is 2.29. The molecule has 0 spiro atoms. The summed E-state index contributed by atoms with van der Waals surface area (Å²) in [5.41, 5.74) is 0.842. The first-order valence-electron chi connectivity index (χ1n) is 6.14. The summed E-state index contributed by atoms with van der Waals surface area (Å²) in [4.78, 5) is 2.11. The number of hydrogen-bond donors (Lipinski definition) is 2. The van der Waals surface area contributed by atoms with Crippen LogP contribution in [0.15, 0.2) is 18.2 Å². The molecule has 1 aromatic carbocycles. The Hall–Kier alpha value is -0.750. The van der Waals surface area contributed by atoms with Crippen molar-refractivity contribution in [3.63, 3.8) is 0 Å². The molecule has 0 radical (unpaired) electrons. The fourth-order valence-corrected chi connectivity index (χ4v) is 2.29. The van der Waals surface area contributed by atoms with E-state index in [0.29, 0.717) is 5.75 Å². The van der Waals surface area contributed by atoms with Gasteiger partial charge in [0.05, 0.1) is 13.2 Å². The van der Waals surface area contributed by atoms with Crippen molar-refractivity contribution in [2.45, 2.75) is 6.04 Å². The minimum atomic E-state index is -0.437. The number of phenolic OH excluding ortho intramolecular Hbond substituents is 1. The van der Waals surface area contributed by atoms with Crippen LogP contribution in [-0.2, 0) is 0 Å². The standard InChI is InChI=1S/C13H19FN2O2.2ClH/c1-18-13-8-10(2-3-12(13)17)11(9-14)16-6-4-15-5-7-16;;/h2-3,8,11,15,17H,4-7,9H2,1H3;2*1H/t11-;;/m1../s1. The van der Waals surface area contributed by atoms with Crippen molar-refractivity contribution < 1.29 is 14.2 Å². The van der Waals surface area contributed by atoms with Gasteiger partial charge in [-0.05, 0) is 17.7 Å². The lowest BCUT2D eigenvalue weighted by Gasteiger charge is -2.33. The number of piperazine rings is 1. The van der Waals surface area contributed by atoms with Crippen LogP contribution >= 0.6 is 24.8 Å². The molecular weight excluding hydrogens is 306 g/mol. The van der Waals surface area contributed by atoms with Crippen molar-refractivity contribution >= 4 is 24.8 Å². The number of alkyl halides is 1. The third-order valence-electron chi connectivity index (χ3n) is 3.33. The SMILES string of the molecule is COc1cc([C@@H](CF)N2CCNCC2)ccc1O.Cl.Cl. The van der Waals surface area contributed by atoms with E-state index in [-0.39, 0.29) is 36.6 Å². The van der Waals surface area contributed by atoms with Gasteiger partial charge >= 0.3 is 0 Å². The Bertz CT molecular complexity index is 404. The minimum absolute atomic E-state index is 0. The van der Waals surface area contributed by atoms with E-state index in [4.69, 9.17) is 4.74 Å². The van der Waals surface area contributed by atoms with Crippen LogP contribution in [0.4, 0.5) is 4.39 Å². The number of ether oxygens (including phenoxy) is 1. The quantitative estimate of drug-likeness (QED) is 0.890. The van der Waals surface area contributed by atoms with E-state index >= 15 is 0 Å². The molecule has 7 heteroatoms. The maximum atomic E-state index is 13.3. The van der Waals surface area contributed by atoms with Crippen LogP contribution in [0.1, 0.15) is 11.6 Å². The molecule has 0 unspecified atom stereocenters. The maximum absolute atomic E-state index is 13.3. The second kappa shape index (κ2) is 9.23. The second-order valence-corrected chi connectivity index (χ2v) is 4.39. The zero-order chi connectivity index (χ0) is 13.0. The number of phenols is 1. The first-order chi connectivity index (χ1) is 8.76. The van der Waals surface area contributed by atoms with Crippen molar-refractivity contribution in [2.75, 3.05) is 40.0 Å². The van der Waals surface area contributed by atoms with E-state index in [2.05, 4.69) is 10.2 Å². The molecule has 0 amide bonds. The molecule has 1 aliphatic heterocycles. The van der Waals surface area contributed by atoms with Crippen molar-refractivity contribution in [1.29, 1.82) is 0 Å². The Balaban J connectivity index is 0.00000180. The molecule has 0 aromatic heterocycles. The molecule has 1 aromatic rings. The molecule has 1 atom stereocenters. The molecule has 4 nitrogen and oxygen atoms in total. The van der Waals surface area contributed by atoms with E-state index in [1.165, 1.54) is 7.11 Å². The summed E-state index contributed by atoms with van der Waals surface area (Å²) in [6, 6.07) is 4.76. The number of nitrogens with zero attached hydrogens (tertiary/aromatic N) is 1. The summed E-state index contributed by atoms with van der Waals surface area (Å²) in [5, 5.41) is 12.8. The minimum Gasteiger partial charge on any atom is -0.504 e. The van der Waals surface area contributed by atoms with Gasteiger partial charge in [0.15, 0.2) is 11.5 Å². The molecular formula is C13H21Cl2FN2O2. The normalized spacial score (nSPS) is 16.7. The van der Waals surface area contributed by atoms with Crippen LogP contribution < -0.4 is 10.1 Å². The van der Waals surface area contributed by atoms with Crippen LogP contribution in [0.5, 0.6) is 11.5 Å². The van der Waals surface area contributed by atoms with E-state index < -0.39 is 6.67 Å². The first-order valence-corrected chi connectivity index (χ1v) is 6.14. The number of halogens is 3. The number of rotatable bonds is 4. The Morgan fingerprint density at radius 1 is 1.35 bits per heavy atom. The van der Waals surface area contributed by atoms with Crippen LogP contribution in [0, 0.1) is 0 Å². The number of nitrogens with one attached hydrogen (secondary N) is 1. The Labute approximate surface area is 131 Å². The van der Waals surface area contributed by atoms with Gasteiger partial charge in [0.25, 0.3) is 0 Å². The van der Waals surface area contributed by atoms with E-state index in [0.717, 1.165) is 31.7 Å².